The first kappa shape index (κ1) is 27.8. The topological polar surface area (TPSA) is 111 Å². The number of pyridine rings is 1. The summed E-state index contributed by atoms with van der Waals surface area (Å²) in [6.07, 6.45) is 7.28. The van der Waals surface area contributed by atoms with E-state index in [0.717, 1.165) is 11.3 Å². The molecular weight excluding hydrogens is 516 g/mol. The minimum absolute atomic E-state index is 0.178. The molecule has 0 fully saturated rings. The normalized spacial score (nSPS) is 13.3. The number of hydrogen-bond donors (Lipinski definition) is 4. The van der Waals surface area contributed by atoms with Gasteiger partial charge in [-0.15, -0.1) is 0 Å². The molecule has 0 aliphatic carbocycles. The number of H-pyrrole nitrogens is 1. The number of ether oxygens (including phenoxy) is 1. The van der Waals surface area contributed by atoms with E-state index in [1.54, 1.807) is 37.7 Å². The van der Waals surface area contributed by atoms with Gasteiger partial charge in [-0.25, -0.2) is 0 Å². The standard InChI is InChI=1S/C29H31ClN6O3/c1-18(33-24(37)9-6-16-36(2)3)10-11-19-17-31-14-12-20(19)26-27(25-22(34-26)13-15-32-29(25)38)35-23-8-5-7-21(30)28(23)39-4/h5-9,12,14,17-18,34-35H,13,15-16H2,1-4H3,(H,32,38)(H,33,37)/b9-6+/t18-/m0/s1. The summed E-state index contributed by atoms with van der Waals surface area (Å²) in [5, 5.41) is 9.59. The Bertz CT molecular complexity index is 1470. The van der Waals surface area contributed by atoms with E-state index in [4.69, 9.17) is 16.3 Å². The summed E-state index contributed by atoms with van der Waals surface area (Å²) in [6, 6.07) is 6.82. The number of methoxy groups -OCH3 is 1. The fraction of sp³-hybridized carbons (Fsp3) is 0.276. The maximum atomic E-state index is 13.0. The van der Waals surface area contributed by atoms with Crippen LogP contribution in [0.4, 0.5) is 11.4 Å². The number of rotatable bonds is 8. The molecule has 0 radical (unpaired) electrons. The van der Waals surface area contributed by atoms with Gasteiger partial charge in [0.05, 0.1) is 46.4 Å². The maximum absolute atomic E-state index is 13.0. The number of fused-ring (bicyclic) bond motifs is 1. The molecule has 4 N–H and O–H groups in total. The first-order chi connectivity index (χ1) is 18.8. The van der Waals surface area contributed by atoms with E-state index < -0.39 is 6.04 Å². The number of nitrogens with zero attached hydrogens (tertiary/aromatic N) is 2. The third-order valence-electron chi connectivity index (χ3n) is 6.01. The molecule has 202 valence electrons. The Morgan fingerprint density at radius 3 is 2.92 bits per heavy atom. The largest absolute Gasteiger partial charge is 0.493 e. The zero-order valence-corrected chi connectivity index (χ0v) is 23.1. The average molecular weight is 547 g/mol. The van der Waals surface area contributed by atoms with Gasteiger partial charge in [0.1, 0.15) is 0 Å². The van der Waals surface area contributed by atoms with Crippen LogP contribution in [0.5, 0.6) is 5.75 Å². The summed E-state index contributed by atoms with van der Waals surface area (Å²) in [5.74, 6) is 6.32. The highest BCUT2D eigenvalue weighted by Crippen LogP contribution is 2.41. The van der Waals surface area contributed by atoms with E-state index in [-0.39, 0.29) is 11.8 Å². The van der Waals surface area contributed by atoms with Crippen molar-refractivity contribution < 1.29 is 14.3 Å². The number of aromatic amines is 1. The molecule has 9 nitrogen and oxygen atoms in total. The molecule has 2 aromatic heterocycles. The van der Waals surface area contributed by atoms with Crippen molar-refractivity contribution in [3.63, 3.8) is 0 Å². The van der Waals surface area contributed by atoms with E-state index >= 15 is 0 Å². The van der Waals surface area contributed by atoms with Gasteiger partial charge in [-0.3, -0.25) is 14.6 Å². The zero-order chi connectivity index (χ0) is 27.9. The van der Waals surface area contributed by atoms with Crippen LogP contribution in [-0.2, 0) is 11.2 Å². The third-order valence-corrected chi connectivity index (χ3v) is 6.31. The second-order valence-corrected chi connectivity index (χ2v) is 9.67. The fourth-order valence-electron chi connectivity index (χ4n) is 4.22. The molecular formula is C29H31ClN6O3. The van der Waals surface area contributed by atoms with Gasteiger partial charge in [0.25, 0.3) is 5.91 Å². The summed E-state index contributed by atoms with van der Waals surface area (Å²) >= 11 is 6.36. The third kappa shape index (κ3) is 6.60. The van der Waals surface area contributed by atoms with Gasteiger partial charge >= 0.3 is 0 Å². The lowest BCUT2D eigenvalue weighted by Gasteiger charge is -2.17. The average Bonchev–Trinajstić information content (AvgIpc) is 3.27. The van der Waals surface area contributed by atoms with Gasteiger partial charge in [-0.1, -0.05) is 35.6 Å². The number of anilines is 2. The first-order valence-corrected chi connectivity index (χ1v) is 12.9. The number of amides is 2. The van der Waals surface area contributed by atoms with E-state index in [1.807, 2.05) is 38.1 Å². The van der Waals surface area contributed by atoms with Gasteiger partial charge in [0.2, 0.25) is 5.91 Å². The van der Waals surface area contributed by atoms with Crippen LogP contribution in [0.3, 0.4) is 0 Å². The Morgan fingerprint density at radius 1 is 1.33 bits per heavy atom. The predicted molar refractivity (Wildman–Crippen MR) is 154 cm³/mol. The molecule has 0 saturated heterocycles. The van der Waals surface area contributed by atoms with E-state index in [1.165, 1.54) is 6.08 Å². The molecule has 1 atom stereocenters. The number of para-hydroxylation sites is 1. The molecule has 1 aliphatic rings. The van der Waals surface area contributed by atoms with Crippen molar-refractivity contribution >= 4 is 34.8 Å². The predicted octanol–water partition coefficient (Wildman–Crippen LogP) is 3.74. The number of nitrogens with one attached hydrogen (secondary N) is 4. The number of carbonyl (C=O) groups is 2. The highest BCUT2D eigenvalue weighted by atomic mass is 35.5. The highest BCUT2D eigenvalue weighted by Gasteiger charge is 2.28. The van der Waals surface area contributed by atoms with E-state index in [9.17, 15) is 9.59 Å². The lowest BCUT2D eigenvalue weighted by molar-refractivity contribution is -0.116. The number of aromatic nitrogens is 2. The Morgan fingerprint density at radius 2 is 2.15 bits per heavy atom. The molecule has 1 aromatic carbocycles. The second-order valence-electron chi connectivity index (χ2n) is 9.27. The van der Waals surface area contributed by atoms with Crippen molar-refractivity contribution in [2.45, 2.75) is 19.4 Å². The lowest BCUT2D eigenvalue weighted by atomic mass is 10.0. The van der Waals surface area contributed by atoms with Crippen molar-refractivity contribution in [3.05, 3.63) is 70.7 Å². The van der Waals surface area contributed by atoms with Crippen LogP contribution in [0, 0.1) is 11.8 Å². The Balaban J connectivity index is 1.70. The molecule has 1 aliphatic heterocycles. The monoisotopic (exact) mass is 546 g/mol. The number of halogens is 1. The highest BCUT2D eigenvalue weighted by molar-refractivity contribution is 6.32. The Hall–Kier alpha value is -4.26. The Labute approximate surface area is 233 Å². The molecule has 0 unspecified atom stereocenters. The lowest BCUT2D eigenvalue weighted by Crippen LogP contribution is -2.31. The molecule has 2 amide bonds. The maximum Gasteiger partial charge on any atom is 0.255 e. The van der Waals surface area contributed by atoms with Crippen molar-refractivity contribution in [2.24, 2.45) is 0 Å². The SMILES string of the molecule is COc1c(Cl)cccc1Nc1c(-c2ccncc2C#C[C@H](C)NC(=O)/C=C/CN(C)C)[nH]c2c1C(=O)NCC2. The van der Waals surface area contributed by atoms with Crippen LogP contribution < -0.4 is 20.7 Å². The molecule has 0 bridgehead atoms. The molecule has 3 heterocycles. The van der Waals surface area contributed by atoms with Gasteiger partial charge in [-0.05, 0) is 39.2 Å². The van der Waals surface area contributed by atoms with Gasteiger partial charge in [0, 0.05) is 49.2 Å². The molecule has 39 heavy (non-hydrogen) atoms. The summed E-state index contributed by atoms with van der Waals surface area (Å²) in [4.78, 5) is 34.8. The van der Waals surface area contributed by atoms with E-state index in [2.05, 4.69) is 37.8 Å². The fourth-order valence-corrected chi connectivity index (χ4v) is 4.47. The molecule has 0 saturated carbocycles. The first-order valence-electron chi connectivity index (χ1n) is 12.5. The van der Waals surface area contributed by atoms with Crippen molar-refractivity contribution in [2.75, 3.05) is 39.6 Å². The van der Waals surface area contributed by atoms with Crippen LogP contribution in [0.1, 0.15) is 28.5 Å². The molecule has 3 aromatic rings. The van der Waals surface area contributed by atoms with Gasteiger partial charge < -0.3 is 30.6 Å². The summed E-state index contributed by atoms with van der Waals surface area (Å²) in [5.41, 5.74) is 4.64. The number of carbonyl (C=O) groups excluding carboxylic acids is 2. The van der Waals surface area contributed by atoms with Crippen LogP contribution in [0.25, 0.3) is 11.3 Å². The summed E-state index contributed by atoms with van der Waals surface area (Å²) in [7, 11) is 5.41. The quantitative estimate of drug-likeness (QED) is 0.253. The Kier molecular flexibility index (Phi) is 8.92. The minimum atomic E-state index is -0.398. The second kappa shape index (κ2) is 12.5. The molecule has 10 heteroatoms. The smallest absolute Gasteiger partial charge is 0.255 e. The van der Waals surface area contributed by atoms with Crippen LogP contribution in [-0.4, -0.2) is 67.0 Å². The number of benzene rings is 1. The zero-order valence-electron chi connectivity index (χ0n) is 22.3. The summed E-state index contributed by atoms with van der Waals surface area (Å²) in [6.45, 7) is 3.02. The van der Waals surface area contributed by atoms with Crippen LogP contribution in [0.2, 0.25) is 5.02 Å². The number of hydrogen-bond acceptors (Lipinski definition) is 6. The minimum Gasteiger partial charge on any atom is -0.493 e. The van der Waals surface area contributed by atoms with Gasteiger partial charge in [-0.2, -0.15) is 0 Å². The van der Waals surface area contributed by atoms with Crippen LogP contribution >= 0.6 is 11.6 Å². The molecule has 4 rings (SSSR count). The molecule has 0 spiro atoms. The van der Waals surface area contributed by atoms with E-state index in [0.29, 0.717) is 58.5 Å². The van der Waals surface area contributed by atoms with Crippen molar-refractivity contribution in [1.82, 2.24) is 25.5 Å². The summed E-state index contributed by atoms with van der Waals surface area (Å²) < 4.78 is 5.52. The van der Waals surface area contributed by atoms with Crippen LogP contribution in [0.15, 0.2) is 48.8 Å². The van der Waals surface area contributed by atoms with Gasteiger partial charge in [0.15, 0.2) is 5.75 Å². The van der Waals surface area contributed by atoms with Crippen molar-refractivity contribution in [1.29, 1.82) is 0 Å². The van der Waals surface area contributed by atoms with Crippen molar-refractivity contribution in [3.8, 4) is 28.8 Å². The number of likely N-dealkylation sites (N-methyl/N-ethyl adjacent to an activating group) is 1.